The molecule has 1 aromatic carbocycles. The highest BCUT2D eigenvalue weighted by Gasteiger charge is 2.04. The number of rotatable bonds is 4. The summed E-state index contributed by atoms with van der Waals surface area (Å²) in [5, 5.41) is 8.63. The van der Waals surface area contributed by atoms with Crippen molar-refractivity contribution in [2.24, 2.45) is 0 Å². The second-order valence-corrected chi connectivity index (χ2v) is 5.73. The van der Waals surface area contributed by atoms with Crippen LogP contribution in [0.15, 0.2) is 35.7 Å². The smallest absolute Gasteiger partial charge is 0.315 e. The zero-order valence-electron chi connectivity index (χ0n) is 9.95. The van der Waals surface area contributed by atoms with Crippen LogP contribution in [0.25, 0.3) is 0 Å². The molecule has 0 unspecified atom stereocenters. The molecular formula is C13H12Cl2N2OS. The van der Waals surface area contributed by atoms with Gasteiger partial charge < -0.3 is 10.6 Å². The molecule has 0 spiro atoms. The van der Waals surface area contributed by atoms with Crippen LogP contribution < -0.4 is 10.6 Å². The van der Waals surface area contributed by atoms with Gasteiger partial charge in [-0.3, -0.25) is 0 Å². The molecule has 0 atom stereocenters. The van der Waals surface area contributed by atoms with E-state index in [2.05, 4.69) is 10.6 Å². The Balaban J connectivity index is 1.80. The summed E-state index contributed by atoms with van der Waals surface area (Å²) in [6.45, 7) is 0.893. The molecule has 1 aromatic heterocycles. The van der Waals surface area contributed by atoms with Gasteiger partial charge in [0, 0.05) is 21.5 Å². The Labute approximate surface area is 125 Å². The third kappa shape index (κ3) is 4.42. The van der Waals surface area contributed by atoms with Crippen LogP contribution in [-0.2, 0) is 13.1 Å². The topological polar surface area (TPSA) is 41.1 Å². The average Bonchev–Trinajstić information content (AvgIpc) is 2.88. The van der Waals surface area contributed by atoms with Crippen molar-refractivity contribution in [3.63, 3.8) is 0 Å². The Hall–Kier alpha value is -1.23. The standard InChI is InChI=1S/C13H12Cl2N2OS/c14-10-4-3-9(12(15)6-10)7-16-13(18)17-8-11-2-1-5-19-11/h1-6H,7-8H2,(H2,16,17,18). The highest BCUT2D eigenvalue weighted by Crippen LogP contribution is 2.20. The molecule has 100 valence electrons. The minimum Gasteiger partial charge on any atom is -0.334 e. The average molecular weight is 315 g/mol. The Morgan fingerprint density at radius 2 is 1.95 bits per heavy atom. The Morgan fingerprint density at radius 1 is 1.16 bits per heavy atom. The molecule has 6 heteroatoms. The van der Waals surface area contributed by atoms with Gasteiger partial charge >= 0.3 is 6.03 Å². The first-order valence-corrected chi connectivity index (χ1v) is 7.27. The van der Waals surface area contributed by atoms with E-state index < -0.39 is 0 Å². The molecular weight excluding hydrogens is 303 g/mol. The number of amides is 2. The fourth-order valence-corrected chi connectivity index (χ4v) is 2.60. The highest BCUT2D eigenvalue weighted by atomic mass is 35.5. The van der Waals surface area contributed by atoms with E-state index >= 15 is 0 Å². The van der Waals surface area contributed by atoms with Gasteiger partial charge in [0.1, 0.15) is 0 Å². The number of urea groups is 1. The van der Waals surface area contributed by atoms with Crippen molar-refractivity contribution < 1.29 is 4.79 Å². The molecule has 0 fully saturated rings. The van der Waals surface area contributed by atoms with Crippen molar-refractivity contribution in [1.29, 1.82) is 0 Å². The number of carbonyl (C=O) groups excluding carboxylic acids is 1. The minimum atomic E-state index is -0.223. The van der Waals surface area contributed by atoms with E-state index in [0.717, 1.165) is 10.4 Å². The van der Waals surface area contributed by atoms with Gasteiger partial charge in [0.2, 0.25) is 0 Å². The summed E-state index contributed by atoms with van der Waals surface area (Å²) in [4.78, 5) is 12.7. The molecule has 2 aromatic rings. The number of carbonyl (C=O) groups is 1. The van der Waals surface area contributed by atoms with Crippen LogP contribution in [0.4, 0.5) is 4.79 Å². The fraction of sp³-hybridized carbons (Fsp3) is 0.154. The van der Waals surface area contributed by atoms with Gasteiger partial charge in [-0.25, -0.2) is 4.79 Å². The Kier molecular flexibility index (Phi) is 5.07. The van der Waals surface area contributed by atoms with Crippen LogP contribution >= 0.6 is 34.5 Å². The van der Waals surface area contributed by atoms with Crippen molar-refractivity contribution in [3.05, 3.63) is 56.2 Å². The van der Waals surface area contributed by atoms with Gasteiger partial charge in [0.25, 0.3) is 0 Å². The third-order valence-electron chi connectivity index (χ3n) is 2.46. The molecule has 0 bridgehead atoms. The molecule has 0 radical (unpaired) electrons. The quantitative estimate of drug-likeness (QED) is 0.878. The van der Waals surface area contributed by atoms with Crippen LogP contribution in [0, 0.1) is 0 Å². The first kappa shape index (κ1) is 14.2. The molecule has 19 heavy (non-hydrogen) atoms. The first-order chi connectivity index (χ1) is 9.15. The maximum atomic E-state index is 11.6. The largest absolute Gasteiger partial charge is 0.334 e. The number of hydrogen-bond donors (Lipinski definition) is 2. The summed E-state index contributed by atoms with van der Waals surface area (Å²) < 4.78 is 0. The second kappa shape index (κ2) is 6.80. The van der Waals surface area contributed by atoms with Gasteiger partial charge in [-0.2, -0.15) is 0 Å². The molecule has 0 aliphatic carbocycles. The van der Waals surface area contributed by atoms with Gasteiger partial charge in [-0.15, -0.1) is 11.3 Å². The van der Waals surface area contributed by atoms with E-state index in [9.17, 15) is 4.79 Å². The lowest BCUT2D eigenvalue weighted by Crippen LogP contribution is -2.34. The summed E-state index contributed by atoms with van der Waals surface area (Å²) in [6.07, 6.45) is 0. The van der Waals surface area contributed by atoms with E-state index in [-0.39, 0.29) is 6.03 Å². The zero-order valence-corrected chi connectivity index (χ0v) is 12.3. The molecule has 0 saturated heterocycles. The molecule has 2 N–H and O–H groups in total. The molecule has 0 aliphatic rings. The first-order valence-electron chi connectivity index (χ1n) is 5.63. The summed E-state index contributed by atoms with van der Waals surface area (Å²) in [5.41, 5.74) is 0.831. The van der Waals surface area contributed by atoms with Crippen LogP contribution in [-0.4, -0.2) is 6.03 Å². The van der Waals surface area contributed by atoms with Gasteiger partial charge in [-0.05, 0) is 29.1 Å². The van der Waals surface area contributed by atoms with Crippen LogP contribution in [0.5, 0.6) is 0 Å². The molecule has 0 saturated carbocycles. The lowest BCUT2D eigenvalue weighted by atomic mass is 10.2. The lowest BCUT2D eigenvalue weighted by Gasteiger charge is -2.08. The monoisotopic (exact) mass is 314 g/mol. The minimum absolute atomic E-state index is 0.223. The summed E-state index contributed by atoms with van der Waals surface area (Å²) in [6, 6.07) is 8.90. The van der Waals surface area contributed by atoms with Gasteiger partial charge in [-0.1, -0.05) is 35.3 Å². The second-order valence-electron chi connectivity index (χ2n) is 3.85. The maximum Gasteiger partial charge on any atom is 0.315 e. The van der Waals surface area contributed by atoms with Crippen LogP contribution in [0.3, 0.4) is 0 Å². The summed E-state index contributed by atoms with van der Waals surface area (Å²) in [7, 11) is 0. The van der Waals surface area contributed by atoms with E-state index in [1.807, 2.05) is 17.5 Å². The fourth-order valence-electron chi connectivity index (χ4n) is 1.48. The highest BCUT2D eigenvalue weighted by molar-refractivity contribution is 7.09. The number of hydrogen-bond acceptors (Lipinski definition) is 2. The van der Waals surface area contributed by atoms with E-state index in [1.54, 1.807) is 29.5 Å². The lowest BCUT2D eigenvalue weighted by molar-refractivity contribution is 0.240. The van der Waals surface area contributed by atoms with Crippen molar-refractivity contribution in [1.82, 2.24) is 10.6 Å². The summed E-state index contributed by atoms with van der Waals surface area (Å²) in [5.74, 6) is 0. The molecule has 2 rings (SSSR count). The Morgan fingerprint density at radius 3 is 2.63 bits per heavy atom. The van der Waals surface area contributed by atoms with E-state index in [1.165, 1.54) is 0 Å². The van der Waals surface area contributed by atoms with Crippen molar-refractivity contribution in [2.45, 2.75) is 13.1 Å². The predicted molar refractivity (Wildman–Crippen MR) is 79.9 cm³/mol. The van der Waals surface area contributed by atoms with Crippen molar-refractivity contribution in [3.8, 4) is 0 Å². The molecule has 0 aliphatic heterocycles. The number of thiophene rings is 1. The SMILES string of the molecule is O=C(NCc1cccs1)NCc1ccc(Cl)cc1Cl. The predicted octanol–water partition coefficient (Wildman–Crippen LogP) is 4.05. The molecule has 2 amide bonds. The molecule has 1 heterocycles. The van der Waals surface area contributed by atoms with Gasteiger partial charge in [0.05, 0.1) is 6.54 Å². The molecule has 3 nitrogen and oxygen atoms in total. The van der Waals surface area contributed by atoms with Gasteiger partial charge in [0.15, 0.2) is 0 Å². The third-order valence-corrected chi connectivity index (χ3v) is 3.92. The number of halogens is 2. The van der Waals surface area contributed by atoms with E-state index in [0.29, 0.717) is 23.1 Å². The zero-order chi connectivity index (χ0) is 13.7. The van der Waals surface area contributed by atoms with Crippen LogP contribution in [0.2, 0.25) is 10.0 Å². The normalized spacial score (nSPS) is 10.2. The number of benzene rings is 1. The van der Waals surface area contributed by atoms with Crippen molar-refractivity contribution >= 4 is 40.6 Å². The van der Waals surface area contributed by atoms with Crippen LogP contribution in [0.1, 0.15) is 10.4 Å². The Bertz CT molecular complexity index is 558. The van der Waals surface area contributed by atoms with E-state index in [4.69, 9.17) is 23.2 Å². The van der Waals surface area contributed by atoms with Crippen molar-refractivity contribution in [2.75, 3.05) is 0 Å². The summed E-state index contributed by atoms with van der Waals surface area (Å²) >= 11 is 13.4. The number of nitrogens with one attached hydrogen (secondary N) is 2. The maximum absolute atomic E-state index is 11.6.